The highest BCUT2D eigenvalue weighted by molar-refractivity contribution is 5.95. The van der Waals surface area contributed by atoms with E-state index < -0.39 is 0 Å². The number of aromatic amines is 1. The molecule has 172 valence electrons. The molecule has 0 atom stereocenters. The van der Waals surface area contributed by atoms with Gasteiger partial charge in [-0.25, -0.2) is 14.6 Å². The average Bonchev–Trinajstić information content (AvgIpc) is 3.48. The van der Waals surface area contributed by atoms with Crippen molar-refractivity contribution in [2.75, 3.05) is 43.4 Å². The molecule has 0 saturated carbocycles. The van der Waals surface area contributed by atoms with E-state index in [9.17, 15) is 0 Å². The van der Waals surface area contributed by atoms with Crippen LogP contribution in [0.2, 0.25) is 0 Å². The van der Waals surface area contributed by atoms with Crippen LogP contribution >= 0.6 is 0 Å². The molecule has 1 aliphatic rings. The monoisotopic (exact) mass is 454 g/mol. The van der Waals surface area contributed by atoms with Gasteiger partial charge in [0.1, 0.15) is 17.0 Å². The smallest absolute Gasteiger partial charge is 0.229 e. The summed E-state index contributed by atoms with van der Waals surface area (Å²) in [6, 6.07) is 10.2. The number of nitrogens with zero attached hydrogens (tertiary/aromatic N) is 8. The highest BCUT2D eigenvalue weighted by atomic mass is 15.4. The zero-order valence-corrected chi connectivity index (χ0v) is 19.2. The maximum absolute atomic E-state index is 4.67. The van der Waals surface area contributed by atoms with Gasteiger partial charge in [0.15, 0.2) is 0 Å². The lowest BCUT2D eigenvalue weighted by Crippen LogP contribution is -2.44. The minimum Gasteiger partial charge on any atom is -0.354 e. The Morgan fingerprint density at radius 2 is 1.91 bits per heavy atom. The second-order valence-electron chi connectivity index (χ2n) is 8.59. The third kappa shape index (κ3) is 3.71. The SMILES string of the molecule is CCn1nnc2ccc(-c3c[nH]c4nc(Nc5ccc(N6CCN(C)CC6)nc5)ncc34)cc21. The van der Waals surface area contributed by atoms with Gasteiger partial charge < -0.3 is 20.1 Å². The van der Waals surface area contributed by atoms with Crippen LogP contribution in [0.1, 0.15) is 6.92 Å². The first kappa shape index (κ1) is 20.5. The summed E-state index contributed by atoms with van der Waals surface area (Å²) in [7, 11) is 2.15. The van der Waals surface area contributed by atoms with Crippen molar-refractivity contribution in [2.45, 2.75) is 13.5 Å². The van der Waals surface area contributed by atoms with Crippen molar-refractivity contribution in [3.63, 3.8) is 0 Å². The lowest BCUT2D eigenvalue weighted by Gasteiger charge is -2.33. The zero-order chi connectivity index (χ0) is 23.1. The quantitative estimate of drug-likeness (QED) is 0.417. The van der Waals surface area contributed by atoms with Crippen LogP contribution < -0.4 is 10.2 Å². The van der Waals surface area contributed by atoms with Gasteiger partial charge in [-0.05, 0) is 43.8 Å². The molecule has 0 spiro atoms. The first-order chi connectivity index (χ1) is 16.7. The van der Waals surface area contributed by atoms with E-state index in [0.29, 0.717) is 5.95 Å². The number of aryl methyl sites for hydroxylation is 1. The summed E-state index contributed by atoms with van der Waals surface area (Å²) < 4.78 is 1.90. The van der Waals surface area contributed by atoms with E-state index in [-0.39, 0.29) is 0 Å². The molecule has 10 nitrogen and oxygen atoms in total. The maximum Gasteiger partial charge on any atom is 0.229 e. The van der Waals surface area contributed by atoms with E-state index in [1.165, 1.54) is 0 Å². The molecular formula is C24H26N10. The fraction of sp³-hybridized carbons (Fsp3) is 0.292. The van der Waals surface area contributed by atoms with E-state index in [4.69, 9.17) is 0 Å². The number of pyridine rings is 1. The molecule has 4 aromatic heterocycles. The number of nitrogens with one attached hydrogen (secondary N) is 2. The van der Waals surface area contributed by atoms with E-state index in [2.05, 4.69) is 71.5 Å². The second kappa shape index (κ2) is 8.38. The van der Waals surface area contributed by atoms with Crippen molar-refractivity contribution >= 4 is 39.5 Å². The zero-order valence-electron chi connectivity index (χ0n) is 19.2. The summed E-state index contributed by atoms with van der Waals surface area (Å²) >= 11 is 0. The van der Waals surface area contributed by atoms with Gasteiger partial charge in [0.25, 0.3) is 0 Å². The number of benzene rings is 1. The van der Waals surface area contributed by atoms with E-state index in [1.807, 2.05) is 41.5 Å². The van der Waals surface area contributed by atoms with Crippen LogP contribution in [0.15, 0.2) is 48.9 Å². The summed E-state index contributed by atoms with van der Waals surface area (Å²) in [5.74, 6) is 1.53. The van der Waals surface area contributed by atoms with Gasteiger partial charge in [0.05, 0.1) is 17.4 Å². The van der Waals surface area contributed by atoms with Crippen molar-refractivity contribution in [1.82, 2.24) is 39.8 Å². The Bertz CT molecular complexity index is 1440. The molecule has 5 aromatic rings. The highest BCUT2D eigenvalue weighted by Gasteiger charge is 2.15. The number of hydrogen-bond donors (Lipinski definition) is 2. The van der Waals surface area contributed by atoms with Crippen molar-refractivity contribution in [3.05, 3.63) is 48.9 Å². The Labute approximate surface area is 196 Å². The number of rotatable bonds is 5. The van der Waals surface area contributed by atoms with Gasteiger partial charge >= 0.3 is 0 Å². The normalized spacial score (nSPS) is 14.8. The molecule has 34 heavy (non-hydrogen) atoms. The van der Waals surface area contributed by atoms with Crippen molar-refractivity contribution in [1.29, 1.82) is 0 Å². The van der Waals surface area contributed by atoms with Crippen LogP contribution in [0.25, 0.3) is 33.2 Å². The number of aromatic nitrogens is 7. The molecule has 1 aliphatic heterocycles. The van der Waals surface area contributed by atoms with Gasteiger partial charge in [0, 0.05) is 56.1 Å². The lowest BCUT2D eigenvalue weighted by molar-refractivity contribution is 0.312. The van der Waals surface area contributed by atoms with E-state index >= 15 is 0 Å². The first-order valence-electron chi connectivity index (χ1n) is 11.5. The Kier molecular flexibility index (Phi) is 5.06. The fourth-order valence-electron chi connectivity index (χ4n) is 4.38. The molecule has 1 saturated heterocycles. The van der Waals surface area contributed by atoms with Crippen molar-refractivity contribution in [2.24, 2.45) is 0 Å². The Balaban J connectivity index is 1.22. The molecule has 0 unspecified atom stereocenters. The van der Waals surface area contributed by atoms with Crippen LogP contribution in [0.4, 0.5) is 17.5 Å². The molecule has 6 rings (SSSR count). The van der Waals surface area contributed by atoms with Gasteiger partial charge in [-0.15, -0.1) is 5.10 Å². The Morgan fingerprint density at radius 1 is 1.03 bits per heavy atom. The molecule has 5 heterocycles. The number of fused-ring (bicyclic) bond motifs is 2. The number of likely N-dealkylation sites (N-methyl/N-ethyl adjacent to an activating group) is 1. The minimum absolute atomic E-state index is 0.527. The number of H-pyrrole nitrogens is 1. The third-order valence-electron chi connectivity index (χ3n) is 6.39. The van der Waals surface area contributed by atoms with Gasteiger partial charge in [-0.2, -0.15) is 4.98 Å². The fourth-order valence-corrected chi connectivity index (χ4v) is 4.38. The van der Waals surface area contributed by atoms with Crippen molar-refractivity contribution in [3.8, 4) is 11.1 Å². The van der Waals surface area contributed by atoms with Crippen LogP contribution in [-0.2, 0) is 6.54 Å². The summed E-state index contributed by atoms with van der Waals surface area (Å²) in [6.07, 6.45) is 5.65. The summed E-state index contributed by atoms with van der Waals surface area (Å²) in [5.41, 5.74) is 5.65. The van der Waals surface area contributed by atoms with Gasteiger partial charge in [-0.3, -0.25) is 0 Å². The molecule has 0 amide bonds. The molecule has 10 heteroatoms. The molecule has 0 aliphatic carbocycles. The van der Waals surface area contributed by atoms with Gasteiger partial charge in [-0.1, -0.05) is 11.3 Å². The highest BCUT2D eigenvalue weighted by Crippen LogP contribution is 2.30. The topological polar surface area (TPSA) is 104 Å². The van der Waals surface area contributed by atoms with E-state index in [1.54, 1.807) is 0 Å². The maximum atomic E-state index is 4.67. The summed E-state index contributed by atoms with van der Waals surface area (Å²) in [5, 5.41) is 12.7. The molecule has 0 radical (unpaired) electrons. The molecular weight excluding hydrogens is 428 g/mol. The Morgan fingerprint density at radius 3 is 2.71 bits per heavy atom. The summed E-state index contributed by atoms with van der Waals surface area (Å²) in [6.45, 7) is 6.94. The third-order valence-corrected chi connectivity index (χ3v) is 6.39. The molecule has 0 bridgehead atoms. The van der Waals surface area contributed by atoms with Crippen LogP contribution in [0, 0.1) is 0 Å². The lowest BCUT2D eigenvalue weighted by atomic mass is 10.1. The van der Waals surface area contributed by atoms with Gasteiger partial charge in [0.2, 0.25) is 5.95 Å². The molecule has 1 fully saturated rings. The van der Waals surface area contributed by atoms with Crippen molar-refractivity contribution < 1.29 is 0 Å². The second-order valence-corrected chi connectivity index (χ2v) is 8.59. The average molecular weight is 455 g/mol. The van der Waals surface area contributed by atoms with Crippen LogP contribution in [-0.4, -0.2) is 73.1 Å². The first-order valence-corrected chi connectivity index (χ1v) is 11.5. The predicted molar refractivity (Wildman–Crippen MR) is 133 cm³/mol. The standard InChI is InChI=1S/C24H26N10/c1-3-34-21-12-16(4-6-20(21)30-31-34)18-14-26-23-19(18)15-27-24(29-23)28-17-5-7-22(25-13-17)33-10-8-32(2)9-11-33/h4-7,12-15H,3,8-11H2,1-2H3,(H2,26,27,28,29). The largest absolute Gasteiger partial charge is 0.354 e. The molecule has 1 aromatic carbocycles. The van der Waals surface area contributed by atoms with Crippen LogP contribution in [0.3, 0.4) is 0 Å². The molecule has 2 N–H and O–H groups in total. The predicted octanol–water partition coefficient (Wildman–Crippen LogP) is 3.28. The number of anilines is 3. The van der Waals surface area contributed by atoms with E-state index in [0.717, 1.165) is 77.4 Å². The minimum atomic E-state index is 0.527. The summed E-state index contributed by atoms with van der Waals surface area (Å²) in [4.78, 5) is 21.8. The Hall–Kier alpha value is -4.05. The number of hydrogen-bond acceptors (Lipinski definition) is 8. The van der Waals surface area contributed by atoms with Crippen LogP contribution in [0.5, 0.6) is 0 Å². The number of piperazine rings is 1.